The molecule has 2 amide bonds. The highest BCUT2D eigenvalue weighted by molar-refractivity contribution is 5.88. The fourth-order valence-electron chi connectivity index (χ4n) is 4.17. The largest absolute Gasteiger partial charge is 0.377 e. The van der Waals surface area contributed by atoms with Crippen molar-refractivity contribution in [3.63, 3.8) is 0 Å². The maximum atomic E-state index is 12.9. The summed E-state index contributed by atoms with van der Waals surface area (Å²) in [7, 11) is 0. The van der Waals surface area contributed by atoms with E-state index in [0.29, 0.717) is 25.9 Å². The van der Waals surface area contributed by atoms with Crippen LogP contribution in [0.2, 0.25) is 0 Å². The van der Waals surface area contributed by atoms with Gasteiger partial charge >= 0.3 is 0 Å². The highest BCUT2D eigenvalue weighted by Crippen LogP contribution is 2.26. The van der Waals surface area contributed by atoms with Crippen molar-refractivity contribution < 1.29 is 14.7 Å². The molecule has 142 valence electrons. The lowest BCUT2D eigenvalue weighted by atomic mass is 10.1. The number of carbonyl (C=O) groups excluding carboxylic acids is 2. The second-order valence-electron chi connectivity index (χ2n) is 7.32. The zero-order chi connectivity index (χ0) is 18.5. The predicted octanol–water partition coefficient (Wildman–Crippen LogP) is 1.27. The molecule has 3 atom stereocenters. The van der Waals surface area contributed by atoms with Crippen molar-refractivity contribution in [3.05, 3.63) is 35.9 Å². The van der Waals surface area contributed by atoms with Gasteiger partial charge in [0.05, 0.1) is 6.04 Å². The molecule has 2 aliphatic heterocycles. The molecule has 2 saturated heterocycles. The number of rotatable bonds is 6. The number of aryl methyl sites for hydroxylation is 1. The first-order valence-corrected chi connectivity index (χ1v) is 9.65. The first-order valence-electron chi connectivity index (χ1n) is 9.65. The fraction of sp³-hybridized carbons (Fsp3) is 0.600. The fourth-order valence-corrected chi connectivity index (χ4v) is 4.17. The van der Waals surface area contributed by atoms with E-state index in [9.17, 15) is 14.7 Å². The van der Waals surface area contributed by atoms with Gasteiger partial charge in [-0.05, 0) is 44.1 Å². The third-order valence-electron chi connectivity index (χ3n) is 5.53. The number of amides is 2. The minimum Gasteiger partial charge on any atom is -0.377 e. The Morgan fingerprint density at radius 1 is 1.12 bits per heavy atom. The van der Waals surface area contributed by atoms with E-state index in [1.165, 1.54) is 5.56 Å². The van der Waals surface area contributed by atoms with Gasteiger partial charge in [0, 0.05) is 19.5 Å². The van der Waals surface area contributed by atoms with Crippen LogP contribution in [0.15, 0.2) is 30.3 Å². The van der Waals surface area contributed by atoms with Crippen LogP contribution in [0.1, 0.15) is 44.1 Å². The van der Waals surface area contributed by atoms with Crippen molar-refractivity contribution in [2.75, 3.05) is 13.1 Å². The van der Waals surface area contributed by atoms with Crippen molar-refractivity contribution >= 4 is 11.8 Å². The van der Waals surface area contributed by atoms with Crippen LogP contribution < -0.4 is 5.73 Å². The minimum absolute atomic E-state index is 0.0501. The SMILES string of the molecule is N[C@H](O)[C@@H]1CCCN1C(=O)[C@@H]1CCCN1C(=O)CCCc1ccccc1. The summed E-state index contributed by atoms with van der Waals surface area (Å²) < 4.78 is 0. The lowest BCUT2D eigenvalue weighted by Crippen LogP contribution is -2.53. The summed E-state index contributed by atoms with van der Waals surface area (Å²) >= 11 is 0. The Labute approximate surface area is 155 Å². The molecule has 2 aliphatic rings. The average Bonchev–Trinajstić information content (AvgIpc) is 3.31. The molecule has 3 rings (SSSR count). The van der Waals surface area contributed by atoms with Crippen molar-refractivity contribution in [1.29, 1.82) is 0 Å². The Bertz CT molecular complexity index is 620. The van der Waals surface area contributed by atoms with Crippen LogP contribution in [-0.4, -0.2) is 58.1 Å². The number of carbonyl (C=O) groups is 2. The van der Waals surface area contributed by atoms with Crippen LogP contribution in [0.25, 0.3) is 0 Å². The second-order valence-corrected chi connectivity index (χ2v) is 7.32. The van der Waals surface area contributed by atoms with E-state index in [2.05, 4.69) is 12.1 Å². The van der Waals surface area contributed by atoms with E-state index in [1.54, 1.807) is 9.80 Å². The van der Waals surface area contributed by atoms with E-state index in [1.807, 2.05) is 18.2 Å². The van der Waals surface area contributed by atoms with Crippen LogP contribution >= 0.6 is 0 Å². The first-order chi connectivity index (χ1) is 12.6. The van der Waals surface area contributed by atoms with Gasteiger partial charge in [-0.25, -0.2) is 0 Å². The zero-order valence-electron chi connectivity index (χ0n) is 15.2. The quantitative estimate of drug-likeness (QED) is 0.749. The second kappa shape index (κ2) is 8.64. The molecule has 0 aromatic heterocycles. The highest BCUT2D eigenvalue weighted by Gasteiger charge is 2.40. The van der Waals surface area contributed by atoms with Gasteiger partial charge in [-0.2, -0.15) is 0 Å². The van der Waals surface area contributed by atoms with Gasteiger partial charge in [-0.15, -0.1) is 0 Å². The molecule has 1 aromatic carbocycles. The molecule has 2 heterocycles. The Balaban J connectivity index is 1.55. The molecule has 1 aromatic rings. The van der Waals surface area contributed by atoms with Gasteiger partial charge in [0.25, 0.3) is 0 Å². The zero-order valence-corrected chi connectivity index (χ0v) is 15.2. The molecule has 2 fully saturated rings. The van der Waals surface area contributed by atoms with Crippen molar-refractivity contribution in [3.8, 4) is 0 Å². The van der Waals surface area contributed by atoms with Crippen LogP contribution in [0, 0.1) is 0 Å². The van der Waals surface area contributed by atoms with E-state index in [0.717, 1.165) is 32.1 Å². The summed E-state index contributed by atoms with van der Waals surface area (Å²) in [4.78, 5) is 29.0. The van der Waals surface area contributed by atoms with Gasteiger partial charge in [0.1, 0.15) is 12.3 Å². The molecule has 6 nitrogen and oxygen atoms in total. The summed E-state index contributed by atoms with van der Waals surface area (Å²) in [5.74, 6) is 0.00624. The monoisotopic (exact) mass is 359 g/mol. The normalized spacial score (nSPS) is 24.1. The number of hydrogen-bond acceptors (Lipinski definition) is 4. The van der Waals surface area contributed by atoms with Gasteiger partial charge in [0.2, 0.25) is 11.8 Å². The van der Waals surface area contributed by atoms with Crippen molar-refractivity contribution in [1.82, 2.24) is 9.80 Å². The van der Waals surface area contributed by atoms with Crippen LogP contribution in [0.4, 0.5) is 0 Å². The van der Waals surface area contributed by atoms with Crippen LogP contribution in [0.3, 0.4) is 0 Å². The molecular weight excluding hydrogens is 330 g/mol. The molecular formula is C20H29N3O3. The molecule has 0 radical (unpaired) electrons. The van der Waals surface area contributed by atoms with E-state index in [-0.39, 0.29) is 17.9 Å². The Morgan fingerprint density at radius 3 is 2.54 bits per heavy atom. The van der Waals surface area contributed by atoms with Crippen LogP contribution in [0.5, 0.6) is 0 Å². The number of aliphatic hydroxyl groups excluding tert-OH is 1. The molecule has 0 saturated carbocycles. The van der Waals surface area contributed by atoms with E-state index >= 15 is 0 Å². The van der Waals surface area contributed by atoms with Crippen molar-refractivity contribution in [2.45, 2.75) is 63.3 Å². The summed E-state index contributed by atoms with van der Waals surface area (Å²) in [5, 5.41) is 9.72. The summed E-state index contributed by atoms with van der Waals surface area (Å²) in [5.41, 5.74) is 6.85. The lowest BCUT2D eigenvalue weighted by molar-refractivity contribution is -0.145. The number of nitrogens with two attached hydrogens (primary N) is 1. The predicted molar refractivity (Wildman–Crippen MR) is 99.0 cm³/mol. The van der Waals surface area contributed by atoms with Gasteiger partial charge < -0.3 is 20.6 Å². The average molecular weight is 359 g/mol. The molecule has 6 heteroatoms. The number of likely N-dealkylation sites (tertiary alicyclic amines) is 2. The Kier molecular flexibility index (Phi) is 6.27. The molecule has 3 N–H and O–H groups in total. The lowest BCUT2D eigenvalue weighted by Gasteiger charge is -2.32. The number of benzene rings is 1. The third kappa shape index (κ3) is 4.24. The topological polar surface area (TPSA) is 86.9 Å². The van der Waals surface area contributed by atoms with Crippen LogP contribution in [-0.2, 0) is 16.0 Å². The van der Waals surface area contributed by atoms with Gasteiger partial charge in [-0.1, -0.05) is 30.3 Å². The van der Waals surface area contributed by atoms with Crippen molar-refractivity contribution in [2.24, 2.45) is 5.73 Å². The first kappa shape index (κ1) is 18.9. The maximum Gasteiger partial charge on any atom is 0.245 e. The number of hydrogen-bond donors (Lipinski definition) is 2. The molecule has 26 heavy (non-hydrogen) atoms. The van der Waals surface area contributed by atoms with E-state index < -0.39 is 12.3 Å². The summed E-state index contributed by atoms with van der Waals surface area (Å²) in [6, 6.07) is 9.42. The third-order valence-corrected chi connectivity index (χ3v) is 5.53. The molecule has 0 aliphatic carbocycles. The smallest absolute Gasteiger partial charge is 0.245 e. The standard InChI is InChI=1S/C20H29N3O3/c21-19(25)16-10-5-14-23(16)20(26)17-11-6-13-22(17)18(24)12-4-9-15-7-2-1-3-8-15/h1-3,7-8,16-17,19,25H,4-6,9-14,21H2/t16-,17-,19+/m0/s1. The number of aliphatic hydroxyl groups is 1. The summed E-state index contributed by atoms with van der Waals surface area (Å²) in [6.45, 7) is 1.26. The molecule has 0 spiro atoms. The maximum absolute atomic E-state index is 12.9. The van der Waals surface area contributed by atoms with E-state index in [4.69, 9.17) is 5.73 Å². The highest BCUT2D eigenvalue weighted by atomic mass is 16.3. The Hall–Kier alpha value is -1.92. The van der Waals surface area contributed by atoms with Gasteiger partial charge in [-0.3, -0.25) is 9.59 Å². The number of nitrogens with zero attached hydrogens (tertiary/aromatic N) is 2. The summed E-state index contributed by atoms with van der Waals surface area (Å²) in [6.07, 6.45) is 4.22. The van der Waals surface area contributed by atoms with Gasteiger partial charge in [0.15, 0.2) is 0 Å². The molecule has 0 bridgehead atoms. The Morgan fingerprint density at radius 2 is 1.81 bits per heavy atom. The molecule has 0 unspecified atom stereocenters. The minimum atomic E-state index is -1.02.